The summed E-state index contributed by atoms with van der Waals surface area (Å²) in [4.78, 5) is 0. The lowest BCUT2D eigenvalue weighted by Gasteiger charge is -2.34. The van der Waals surface area contributed by atoms with Gasteiger partial charge in [0.1, 0.15) is 0 Å². The molecule has 4 heterocycles. The number of benzene rings is 6. The van der Waals surface area contributed by atoms with Crippen LogP contribution in [0.3, 0.4) is 0 Å². The minimum atomic E-state index is 0.178. The van der Waals surface area contributed by atoms with Crippen molar-refractivity contribution in [3.63, 3.8) is 0 Å². The average Bonchev–Trinajstić information content (AvgIpc) is 3.52. The van der Waals surface area contributed by atoms with Crippen molar-refractivity contribution in [2.24, 2.45) is 0 Å². The molecule has 3 heteroatoms. The third-order valence-corrected chi connectivity index (χ3v) is 9.44. The lowest BCUT2D eigenvalue weighted by atomic mass is 9.34. The fourth-order valence-electron chi connectivity index (χ4n) is 7.88. The average molecular weight is 506 g/mol. The molecule has 2 aromatic heterocycles. The predicted molar refractivity (Wildman–Crippen MR) is 170 cm³/mol. The normalized spacial score (nSPS) is 13.1. The van der Waals surface area contributed by atoms with Gasteiger partial charge in [0.2, 0.25) is 0 Å². The van der Waals surface area contributed by atoms with Gasteiger partial charge in [0, 0.05) is 44.0 Å². The van der Waals surface area contributed by atoms with Gasteiger partial charge in [-0.25, -0.2) is 0 Å². The van der Waals surface area contributed by atoms with Crippen molar-refractivity contribution >= 4 is 66.7 Å². The van der Waals surface area contributed by atoms with Gasteiger partial charge >= 0.3 is 0 Å². The van der Waals surface area contributed by atoms with Crippen LogP contribution in [0.5, 0.6) is 0 Å². The number of rotatable bonds is 1. The number of fused-ring (bicyclic) bond motifs is 10. The molecule has 2 aliphatic heterocycles. The zero-order chi connectivity index (χ0) is 26.1. The second kappa shape index (κ2) is 7.14. The molecule has 0 saturated carbocycles. The second-order valence-corrected chi connectivity index (χ2v) is 11.4. The van der Waals surface area contributed by atoms with E-state index in [0.29, 0.717) is 0 Å². The molecule has 8 aromatic rings. The maximum Gasteiger partial charge on any atom is 0.252 e. The fraction of sp³-hybridized carbons (Fsp3) is 0.0270. The maximum absolute atomic E-state index is 2.55. The van der Waals surface area contributed by atoms with E-state index in [1.807, 2.05) is 0 Å². The number of nitrogens with zero attached hydrogens (tertiary/aromatic N) is 2. The van der Waals surface area contributed by atoms with Crippen molar-refractivity contribution in [3.8, 4) is 22.5 Å². The lowest BCUT2D eigenvalue weighted by molar-refractivity contribution is 1.14. The monoisotopic (exact) mass is 506 g/mol. The molecule has 0 atom stereocenters. The summed E-state index contributed by atoms with van der Waals surface area (Å²) >= 11 is 0. The molecule has 2 aliphatic rings. The topological polar surface area (TPSA) is 9.86 Å². The standard InChI is InChI=1S/C37H23BN2/c1-22-10-2-3-11-24(22)23-20-33-35-34(21-23)40-32-19-7-5-13-26(32)28-15-9-17-30(37(28)40)38(35)29-16-8-14-27-25-12-4-6-18-31(25)39(33)36(27)29/h2-21H,1H3. The van der Waals surface area contributed by atoms with Gasteiger partial charge < -0.3 is 9.13 Å². The molecule has 6 aromatic carbocycles. The zero-order valence-corrected chi connectivity index (χ0v) is 22.0. The van der Waals surface area contributed by atoms with E-state index in [0.717, 1.165) is 0 Å². The number of hydrogen-bond donors (Lipinski definition) is 0. The van der Waals surface area contributed by atoms with Gasteiger partial charge in [0.25, 0.3) is 6.71 Å². The molecule has 0 amide bonds. The van der Waals surface area contributed by atoms with Crippen molar-refractivity contribution in [1.82, 2.24) is 9.13 Å². The molecule has 184 valence electrons. The van der Waals surface area contributed by atoms with Crippen molar-refractivity contribution in [1.29, 1.82) is 0 Å². The first-order valence-corrected chi connectivity index (χ1v) is 14.1. The van der Waals surface area contributed by atoms with Gasteiger partial charge in [-0.05, 0) is 64.3 Å². The third kappa shape index (κ3) is 2.34. The lowest BCUT2D eigenvalue weighted by Crippen LogP contribution is -2.59. The summed E-state index contributed by atoms with van der Waals surface area (Å²) in [6.45, 7) is 2.40. The Hall–Kier alpha value is -5.02. The van der Waals surface area contributed by atoms with E-state index in [-0.39, 0.29) is 6.71 Å². The van der Waals surface area contributed by atoms with E-state index in [1.54, 1.807) is 0 Å². The van der Waals surface area contributed by atoms with E-state index in [9.17, 15) is 0 Å². The van der Waals surface area contributed by atoms with Crippen LogP contribution in [-0.4, -0.2) is 15.8 Å². The van der Waals surface area contributed by atoms with E-state index in [1.165, 1.54) is 88.1 Å². The van der Waals surface area contributed by atoms with Crippen LogP contribution in [0.1, 0.15) is 5.56 Å². The molecule has 40 heavy (non-hydrogen) atoms. The number of aryl methyl sites for hydroxylation is 1. The molecule has 2 nitrogen and oxygen atoms in total. The summed E-state index contributed by atoms with van der Waals surface area (Å²) in [5.41, 5.74) is 15.9. The number of hydrogen-bond acceptors (Lipinski definition) is 0. The van der Waals surface area contributed by atoms with Crippen LogP contribution in [-0.2, 0) is 0 Å². The first-order valence-electron chi connectivity index (χ1n) is 14.1. The first-order chi connectivity index (χ1) is 19.8. The Morgan fingerprint density at radius 3 is 1.57 bits per heavy atom. The molecule has 0 radical (unpaired) electrons. The van der Waals surface area contributed by atoms with Crippen LogP contribution in [0, 0.1) is 6.92 Å². The van der Waals surface area contributed by atoms with E-state index >= 15 is 0 Å². The highest BCUT2D eigenvalue weighted by Gasteiger charge is 2.40. The van der Waals surface area contributed by atoms with Crippen molar-refractivity contribution in [3.05, 3.63) is 127 Å². The SMILES string of the molecule is Cc1ccccc1-c1cc2c3c(c1)-n1c4ccccc4c4cccc(c41)B3c1cccc3c4ccccc4n-2c13. The molecule has 0 saturated heterocycles. The Balaban J connectivity index is 1.49. The molecule has 0 unspecified atom stereocenters. The van der Waals surface area contributed by atoms with Crippen LogP contribution >= 0.6 is 0 Å². The minimum Gasteiger partial charge on any atom is -0.310 e. The van der Waals surface area contributed by atoms with Gasteiger partial charge in [-0.1, -0.05) is 97.1 Å². The van der Waals surface area contributed by atoms with E-state index in [2.05, 4.69) is 137 Å². The molecule has 0 bridgehead atoms. The molecule has 0 aliphatic carbocycles. The second-order valence-electron chi connectivity index (χ2n) is 11.4. The van der Waals surface area contributed by atoms with E-state index in [4.69, 9.17) is 0 Å². The van der Waals surface area contributed by atoms with Gasteiger partial charge in [-0.2, -0.15) is 0 Å². The highest BCUT2D eigenvalue weighted by atomic mass is 15.0. The molecular weight excluding hydrogens is 483 g/mol. The van der Waals surface area contributed by atoms with E-state index < -0.39 is 0 Å². The first kappa shape index (κ1) is 20.9. The molecule has 0 spiro atoms. The maximum atomic E-state index is 2.55. The summed E-state index contributed by atoms with van der Waals surface area (Å²) < 4.78 is 5.10. The summed E-state index contributed by atoms with van der Waals surface area (Å²) in [5.74, 6) is 0. The highest BCUT2D eigenvalue weighted by molar-refractivity contribution is 7.00. The number of para-hydroxylation sites is 4. The quantitative estimate of drug-likeness (QED) is 0.212. The Morgan fingerprint density at radius 2 is 1.00 bits per heavy atom. The smallest absolute Gasteiger partial charge is 0.252 e. The Labute approximate surface area is 231 Å². The molecular formula is C37H23BN2. The molecule has 0 N–H and O–H groups in total. The summed E-state index contributed by atoms with van der Waals surface area (Å²) in [6, 6.07) is 45.3. The Bertz CT molecular complexity index is 2260. The minimum absolute atomic E-state index is 0.178. The van der Waals surface area contributed by atoms with Crippen molar-refractivity contribution < 1.29 is 0 Å². The fourth-order valence-corrected chi connectivity index (χ4v) is 7.88. The third-order valence-electron chi connectivity index (χ3n) is 9.44. The van der Waals surface area contributed by atoms with Crippen molar-refractivity contribution in [2.75, 3.05) is 0 Å². The van der Waals surface area contributed by atoms with Gasteiger partial charge in [-0.15, -0.1) is 0 Å². The summed E-state index contributed by atoms with van der Waals surface area (Å²) in [6.07, 6.45) is 0. The van der Waals surface area contributed by atoms with Gasteiger partial charge in [0.15, 0.2) is 0 Å². The Morgan fingerprint density at radius 1 is 0.500 bits per heavy atom. The molecule has 0 fully saturated rings. The van der Waals surface area contributed by atoms with Crippen LogP contribution < -0.4 is 16.4 Å². The summed E-state index contributed by atoms with van der Waals surface area (Å²) in [7, 11) is 0. The van der Waals surface area contributed by atoms with Crippen LogP contribution in [0.2, 0.25) is 0 Å². The predicted octanol–water partition coefficient (Wildman–Crippen LogP) is 7.00. The number of aromatic nitrogens is 2. The zero-order valence-electron chi connectivity index (χ0n) is 22.0. The van der Waals surface area contributed by atoms with Crippen LogP contribution in [0.15, 0.2) is 121 Å². The Kier molecular flexibility index (Phi) is 3.73. The van der Waals surface area contributed by atoms with Crippen LogP contribution in [0.25, 0.3) is 66.1 Å². The van der Waals surface area contributed by atoms with Gasteiger partial charge in [0.05, 0.1) is 11.0 Å². The van der Waals surface area contributed by atoms with Gasteiger partial charge in [-0.3, -0.25) is 0 Å². The molecule has 10 rings (SSSR count). The highest BCUT2D eigenvalue weighted by Crippen LogP contribution is 2.40. The largest absolute Gasteiger partial charge is 0.310 e. The van der Waals surface area contributed by atoms with Crippen molar-refractivity contribution in [2.45, 2.75) is 6.92 Å². The van der Waals surface area contributed by atoms with Crippen LogP contribution in [0.4, 0.5) is 0 Å². The summed E-state index contributed by atoms with van der Waals surface area (Å²) in [5, 5.41) is 5.30.